The molecule has 35 heavy (non-hydrogen) atoms. The number of carbonyl (C=O) groups is 1. The van der Waals surface area contributed by atoms with Gasteiger partial charge in [-0.2, -0.15) is 18.2 Å². The summed E-state index contributed by atoms with van der Waals surface area (Å²) < 4.78 is 98.5. The fourth-order valence-electron chi connectivity index (χ4n) is 2.51. The summed E-state index contributed by atoms with van der Waals surface area (Å²) in [6.07, 6.45) is -1.70. The molecule has 1 aromatic carbocycles. The molecule has 0 unspecified atom stereocenters. The maximum absolute atomic E-state index is 13.7. The number of alkyl halides is 3. The molecule has 0 saturated carbocycles. The van der Waals surface area contributed by atoms with Gasteiger partial charge in [0.1, 0.15) is 17.1 Å². The summed E-state index contributed by atoms with van der Waals surface area (Å²) in [5, 5.41) is 6.83. The highest BCUT2D eigenvalue weighted by atomic mass is 32.2. The number of carbonyl (C=O) groups excluding carboxylic acids is 1. The van der Waals surface area contributed by atoms with Crippen LogP contribution in [0.2, 0.25) is 0 Å². The molecule has 1 amide bonds. The molecule has 3 N–H and O–H groups in total. The molecule has 2 aromatic heterocycles. The lowest BCUT2D eigenvalue weighted by atomic mass is 10.2. The number of amides is 1. The topological polar surface area (TPSA) is 142 Å². The number of aromatic nitrogens is 4. The van der Waals surface area contributed by atoms with Crippen molar-refractivity contribution >= 4 is 39.2 Å². The minimum atomic E-state index is -5.02. The van der Waals surface area contributed by atoms with Gasteiger partial charge in [0.05, 0.1) is 18.2 Å². The minimum absolute atomic E-state index is 0.00244. The van der Waals surface area contributed by atoms with Crippen LogP contribution in [0.15, 0.2) is 42.8 Å². The highest BCUT2D eigenvalue weighted by Crippen LogP contribution is 2.34. The van der Waals surface area contributed by atoms with Crippen LogP contribution in [-0.4, -0.2) is 54.6 Å². The summed E-state index contributed by atoms with van der Waals surface area (Å²) in [5.41, 5.74) is -2.32. The van der Waals surface area contributed by atoms with E-state index in [4.69, 9.17) is 5.48 Å². The van der Waals surface area contributed by atoms with Crippen molar-refractivity contribution < 1.29 is 31.9 Å². The van der Waals surface area contributed by atoms with Gasteiger partial charge < -0.3 is 16.0 Å². The lowest BCUT2D eigenvalue weighted by Gasteiger charge is -2.19. The fourth-order valence-corrected chi connectivity index (χ4v) is 2.96. The van der Waals surface area contributed by atoms with E-state index in [1.807, 2.05) is 5.32 Å². The highest BCUT2D eigenvalue weighted by molar-refractivity contribution is 7.92. The van der Waals surface area contributed by atoms with Gasteiger partial charge >= 0.3 is 6.18 Å². The van der Waals surface area contributed by atoms with Gasteiger partial charge in [-0.3, -0.25) is 14.1 Å². The van der Waals surface area contributed by atoms with E-state index < -0.39 is 57.4 Å². The lowest BCUT2D eigenvalue weighted by Crippen LogP contribution is -2.27. The quantitative estimate of drug-likeness (QED) is 0.413. The van der Waals surface area contributed by atoms with E-state index in [1.165, 1.54) is 7.05 Å². The van der Waals surface area contributed by atoms with Crippen molar-refractivity contribution in [2.45, 2.75) is 12.7 Å². The fraction of sp³-hybridized carbons (Fsp3) is 0.250. The maximum Gasteiger partial charge on any atom is 0.421 e. The van der Waals surface area contributed by atoms with E-state index >= 15 is 0 Å². The number of nitrogens with one attached hydrogen (secondary N) is 3. The molecule has 11 nitrogen and oxygen atoms in total. The average molecular weight is 515 g/mol. The second-order valence-corrected chi connectivity index (χ2v) is 8.79. The van der Waals surface area contributed by atoms with Crippen molar-refractivity contribution in [2.24, 2.45) is 0 Å². The van der Waals surface area contributed by atoms with Crippen molar-refractivity contribution in [1.82, 2.24) is 25.3 Å². The van der Waals surface area contributed by atoms with E-state index in [1.54, 1.807) is 0 Å². The molecule has 3 rings (SSSR count). The van der Waals surface area contributed by atoms with Gasteiger partial charge in [0, 0.05) is 43.9 Å². The summed E-state index contributed by atoms with van der Waals surface area (Å²) in [6.45, 7) is -2.92. The first-order chi connectivity index (χ1) is 18.0. The molecule has 0 saturated heterocycles. The Hall–Kier alpha value is -4.01. The van der Waals surface area contributed by atoms with Crippen molar-refractivity contribution in [3.05, 3.63) is 59.6 Å². The molecule has 0 radical (unpaired) electrons. The normalized spacial score (nSPS) is 13.7. The van der Waals surface area contributed by atoms with Crippen LogP contribution in [0.1, 0.15) is 27.1 Å². The van der Waals surface area contributed by atoms with Crippen molar-refractivity contribution in [1.29, 1.82) is 0 Å². The van der Waals surface area contributed by atoms with E-state index in [9.17, 15) is 26.4 Å². The number of hydrogen-bond acceptors (Lipinski definition) is 9. The molecule has 15 heteroatoms. The molecule has 0 bridgehead atoms. The van der Waals surface area contributed by atoms with Crippen molar-refractivity contribution in [3.8, 4) is 0 Å². The van der Waals surface area contributed by atoms with E-state index in [-0.39, 0.29) is 23.3 Å². The maximum atomic E-state index is 13.7. The van der Waals surface area contributed by atoms with Gasteiger partial charge in [-0.25, -0.2) is 18.4 Å². The smallest absolute Gasteiger partial charge is 0.364 e. The molecule has 186 valence electrons. The molecule has 0 aliphatic heterocycles. The van der Waals surface area contributed by atoms with Crippen LogP contribution in [0, 0.1) is 0 Å². The molecule has 0 aliphatic carbocycles. The number of halogens is 3. The van der Waals surface area contributed by atoms with E-state index in [2.05, 4.69) is 30.6 Å². The third-order valence-electron chi connectivity index (χ3n) is 4.32. The van der Waals surface area contributed by atoms with Crippen LogP contribution >= 0.6 is 0 Å². The summed E-state index contributed by atoms with van der Waals surface area (Å²) in [6, 6.07) is 1.55. The van der Waals surface area contributed by atoms with Gasteiger partial charge in [-0.15, -0.1) is 0 Å². The van der Waals surface area contributed by atoms with Crippen LogP contribution in [-0.2, 0) is 22.7 Å². The van der Waals surface area contributed by atoms with Crippen LogP contribution in [0.4, 0.5) is 36.4 Å². The largest absolute Gasteiger partial charge is 0.421 e. The number of nitrogens with zero attached hydrogens (tertiary/aromatic N) is 5. The molecule has 0 aliphatic rings. The monoisotopic (exact) mass is 514 g/mol. The number of benzene rings is 1. The Labute approximate surface area is 204 Å². The van der Waals surface area contributed by atoms with Crippen molar-refractivity contribution in [2.75, 3.05) is 35.3 Å². The predicted molar refractivity (Wildman–Crippen MR) is 123 cm³/mol. The standard InChI is InChI=1S/C20H21F3N8O3S/c1-24-18(32)12-4-6-13(7-5-12)29-19-28-10-14(20(21,22)23)16(30-19)27-11-15-17(26-9-8-25-15)31(2)35(3,33)34/h4-10H,11H2,1-3H3,(H,24,32)(H2,27,28,29,30)/i4D,5D,11D2. The number of hydrogen-bond donors (Lipinski definition) is 3. The molecular weight excluding hydrogens is 489 g/mol. The predicted octanol–water partition coefficient (Wildman–Crippen LogP) is 2.40. The Bertz CT molecular complexity index is 1500. The zero-order valence-electron chi connectivity index (χ0n) is 22.4. The SMILES string of the molecule is [2H]c1cc(Nc2ncc(C(F)(F)F)c(NC([2H])([2H])c3nccnc3N(C)S(C)(=O)=O)n2)cc([2H])c1C(=O)NC. The Morgan fingerprint density at radius 1 is 1.20 bits per heavy atom. The van der Waals surface area contributed by atoms with Crippen molar-refractivity contribution in [3.63, 3.8) is 0 Å². The van der Waals surface area contributed by atoms with E-state index in [0.717, 1.165) is 37.8 Å². The molecule has 2 heterocycles. The van der Waals surface area contributed by atoms with Gasteiger partial charge in [-0.05, 0) is 24.2 Å². The Balaban J connectivity index is 2.05. The summed E-state index contributed by atoms with van der Waals surface area (Å²) in [4.78, 5) is 26.8. The second kappa shape index (κ2) is 10.1. The molecule has 0 fully saturated rings. The zero-order chi connectivity index (χ0) is 29.3. The lowest BCUT2D eigenvalue weighted by molar-refractivity contribution is -0.137. The highest BCUT2D eigenvalue weighted by Gasteiger charge is 2.35. The molecular formula is C20H21F3N8O3S. The van der Waals surface area contributed by atoms with Gasteiger partial charge in [-0.1, -0.05) is 0 Å². The third kappa shape index (κ3) is 6.32. The first-order valence-corrected chi connectivity index (χ1v) is 11.4. The number of anilines is 4. The second-order valence-electron chi connectivity index (χ2n) is 6.77. The molecule has 3 aromatic rings. The summed E-state index contributed by atoms with van der Waals surface area (Å²) >= 11 is 0. The Morgan fingerprint density at radius 3 is 2.46 bits per heavy atom. The van der Waals surface area contributed by atoms with Crippen LogP contribution < -0.4 is 20.3 Å². The Kier molecular flexibility index (Phi) is 5.87. The van der Waals surface area contributed by atoms with Crippen LogP contribution in [0.25, 0.3) is 0 Å². The average Bonchev–Trinajstić information content (AvgIpc) is 2.81. The summed E-state index contributed by atoms with van der Waals surface area (Å²) in [5.74, 6) is -2.65. The molecule has 0 atom stereocenters. The Morgan fingerprint density at radius 2 is 1.86 bits per heavy atom. The van der Waals surface area contributed by atoms with Gasteiger partial charge in [0.25, 0.3) is 5.91 Å². The zero-order valence-corrected chi connectivity index (χ0v) is 19.2. The third-order valence-corrected chi connectivity index (χ3v) is 5.49. The van der Waals surface area contributed by atoms with Crippen LogP contribution in [0.5, 0.6) is 0 Å². The van der Waals surface area contributed by atoms with Crippen LogP contribution in [0.3, 0.4) is 0 Å². The molecule has 0 spiro atoms. The number of sulfonamides is 1. The summed E-state index contributed by atoms with van der Waals surface area (Å²) in [7, 11) is -1.54. The first kappa shape index (κ1) is 20.4. The van der Waals surface area contributed by atoms with Gasteiger partial charge in [0.2, 0.25) is 16.0 Å². The van der Waals surface area contributed by atoms with E-state index in [0.29, 0.717) is 10.5 Å². The number of rotatable bonds is 8. The first-order valence-electron chi connectivity index (χ1n) is 11.5. The minimum Gasteiger partial charge on any atom is -0.364 e. The van der Waals surface area contributed by atoms with Gasteiger partial charge in [0.15, 0.2) is 5.82 Å².